The summed E-state index contributed by atoms with van der Waals surface area (Å²) in [6, 6.07) is 10.3. The predicted molar refractivity (Wildman–Crippen MR) is 101 cm³/mol. The average Bonchev–Trinajstić information content (AvgIpc) is 3.41. The van der Waals surface area contributed by atoms with Gasteiger partial charge in [-0.05, 0) is 37.2 Å². The van der Waals surface area contributed by atoms with Gasteiger partial charge in [0.1, 0.15) is 12.2 Å². The summed E-state index contributed by atoms with van der Waals surface area (Å²) in [7, 11) is 0. The van der Waals surface area contributed by atoms with E-state index in [2.05, 4.69) is 38.7 Å². The number of aromatic nitrogens is 3. The highest BCUT2D eigenvalue weighted by atomic mass is 16.2. The standard InChI is InChI=1S/C21H28N4O/c1-2-24-16-22-23-20(24)18-14-25(15-21(18)12-6-7-13-21)19(26)11-10-17-8-4-3-5-9-17/h3-5,8-9,16,18H,2,6-7,10-15H2,1H3. The average molecular weight is 352 g/mol. The largest absolute Gasteiger partial charge is 0.341 e. The van der Waals surface area contributed by atoms with Crippen LogP contribution in [-0.4, -0.2) is 38.7 Å². The minimum Gasteiger partial charge on any atom is -0.341 e. The molecule has 1 spiro atoms. The van der Waals surface area contributed by atoms with Gasteiger partial charge < -0.3 is 9.47 Å². The maximum Gasteiger partial charge on any atom is 0.222 e. The van der Waals surface area contributed by atoms with Crippen LogP contribution in [0.4, 0.5) is 0 Å². The van der Waals surface area contributed by atoms with E-state index in [0.29, 0.717) is 12.3 Å². The van der Waals surface area contributed by atoms with Gasteiger partial charge in [0.15, 0.2) is 0 Å². The molecule has 2 fully saturated rings. The van der Waals surface area contributed by atoms with E-state index in [9.17, 15) is 4.79 Å². The molecule has 1 amide bonds. The van der Waals surface area contributed by atoms with Gasteiger partial charge in [-0.3, -0.25) is 4.79 Å². The second-order valence-electron chi connectivity index (χ2n) is 7.86. The Hall–Kier alpha value is -2.17. The van der Waals surface area contributed by atoms with Gasteiger partial charge in [0, 0.05) is 32.0 Å². The molecule has 5 nitrogen and oxygen atoms in total. The summed E-state index contributed by atoms with van der Waals surface area (Å²) in [6.07, 6.45) is 8.18. The highest BCUT2D eigenvalue weighted by Gasteiger charge is 2.51. The Kier molecular flexibility index (Phi) is 4.79. The fourth-order valence-electron chi connectivity index (χ4n) is 4.93. The van der Waals surface area contributed by atoms with Crippen molar-refractivity contribution in [1.82, 2.24) is 19.7 Å². The van der Waals surface area contributed by atoms with Crippen molar-refractivity contribution in [2.45, 2.75) is 57.9 Å². The number of aryl methyl sites for hydroxylation is 2. The van der Waals surface area contributed by atoms with E-state index in [4.69, 9.17) is 0 Å². The maximum atomic E-state index is 12.9. The van der Waals surface area contributed by atoms with Crippen molar-refractivity contribution < 1.29 is 4.79 Å². The molecule has 1 saturated heterocycles. The lowest BCUT2D eigenvalue weighted by Crippen LogP contribution is -2.31. The second-order valence-corrected chi connectivity index (χ2v) is 7.86. The minimum atomic E-state index is 0.211. The molecule has 2 aromatic rings. The Balaban J connectivity index is 1.49. The van der Waals surface area contributed by atoms with Crippen LogP contribution in [0.2, 0.25) is 0 Å². The summed E-state index contributed by atoms with van der Waals surface area (Å²) in [5.41, 5.74) is 1.44. The van der Waals surface area contributed by atoms with E-state index in [1.54, 1.807) is 0 Å². The van der Waals surface area contributed by atoms with Gasteiger partial charge in [-0.25, -0.2) is 0 Å². The number of carbonyl (C=O) groups excluding carboxylic acids is 1. The van der Waals surface area contributed by atoms with E-state index in [1.165, 1.54) is 31.2 Å². The van der Waals surface area contributed by atoms with Crippen molar-refractivity contribution in [3.05, 3.63) is 48.0 Å². The number of hydrogen-bond acceptors (Lipinski definition) is 3. The highest BCUT2D eigenvalue weighted by Crippen LogP contribution is 2.53. The van der Waals surface area contributed by atoms with Gasteiger partial charge in [0.05, 0.1) is 0 Å². The topological polar surface area (TPSA) is 51.0 Å². The first-order chi connectivity index (χ1) is 12.7. The fraction of sp³-hybridized carbons (Fsp3) is 0.571. The number of carbonyl (C=O) groups is 1. The van der Waals surface area contributed by atoms with Gasteiger partial charge in [0.25, 0.3) is 0 Å². The summed E-state index contributed by atoms with van der Waals surface area (Å²) in [4.78, 5) is 15.0. The zero-order valence-corrected chi connectivity index (χ0v) is 15.6. The first kappa shape index (κ1) is 17.3. The lowest BCUT2D eigenvalue weighted by Gasteiger charge is -2.29. The third kappa shape index (κ3) is 3.15. The Morgan fingerprint density at radius 1 is 1.23 bits per heavy atom. The van der Waals surface area contributed by atoms with E-state index in [0.717, 1.165) is 31.9 Å². The molecule has 0 N–H and O–H groups in total. The number of amides is 1. The van der Waals surface area contributed by atoms with Crippen LogP contribution in [-0.2, 0) is 17.8 Å². The molecule has 4 rings (SSSR count). The molecule has 138 valence electrons. The van der Waals surface area contributed by atoms with Crippen molar-refractivity contribution in [2.75, 3.05) is 13.1 Å². The summed E-state index contributed by atoms with van der Waals surface area (Å²) < 4.78 is 2.16. The third-order valence-electron chi connectivity index (χ3n) is 6.37. The zero-order chi connectivity index (χ0) is 18.0. The van der Waals surface area contributed by atoms with Crippen LogP contribution >= 0.6 is 0 Å². The van der Waals surface area contributed by atoms with Crippen LogP contribution in [0.15, 0.2) is 36.7 Å². The molecule has 0 radical (unpaired) electrons. The Bertz CT molecular complexity index is 748. The van der Waals surface area contributed by atoms with E-state index in [1.807, 2.05) is 24.5 Å². The van der Waals surface area contributed by atoms with Crippen molar-refractivity contribution >= 4 is 5.91 Å². The molecular formula is C21H28N4O. The normalized spacial score (nSPS) is 21.6. The molecule has 1 saturated carbocycles. The molecule has 1 aromatic carbocycles. The van der Waals surface area contributed by atoms with E-state index >= 15 is 0 Å². The SMILES string of the molecule is CCn1cnnc1C1CN(C(=O)CCc2ccccc2)CC12CCCC2. The first-order valence-corrected chi connectivity index (χ1v) is 9.91. The number of nitrogens with zero attached hydrogens (tertiary/aromatic N) is 4. The van der Waals surface area contributed by atoms with Gasteiger partial charge in [-0.1, -0.05) is 43.2 Å². The third-order valence-corrected chi connectivity index (χ3v) is 6.37. The van der Waals surface area contributed by atoms with Gasteiger partial charge in [-0.15, -0.1) is 10.2 Å². The van der Waals surface area contributed by atoms with Gasteiger partial charge >= 0.3 is 0 Å². The highest BCUT2D eigenvalue weighted by molar-refractivity contribution is 5.77. The smallest absolute Gasteiger partial charge is 0.222 e. The van der Waals surface area contributed by atoms with Crippen LogP contribution in [0, 0.1) is 5.41 Å². The Morgan fingerprint density at radius 3 is 2.73 bits per heavy atom. The summed E-state index contributed by atoms with van der Waals surface area (Å²) >= 11 is 0. The molecule has 0 bridgehead atoms. The quantitative estimate of drug-likeness (QED) is 0.828. The van der Waals surface area contributed by atoms with Gasteiger partial charge in [0.2, 0.25) is 5.91 Å². The molecule has 1 aromatic heterocycles. The molecular weight excluding hydrogens is 324 g/mol. The van der Waals surface area contributed by atoms with Crippen LogP contribution in [0.1, 0.15) is 56.3 Å². The second kappa shape index (κ2) is 7.22. The maximum absolute atomic E-state index is 12.9. The molecule has 1 aliphatic carbocycles. The first-order valence-electron chi connectivity index (χ1n) is 9.91. The Labute approximate surface area is 155 Å². The van der Waals surface area contributed by atoms with Crippen molar-refractivity contribution in [3.8, 4) is 0 Å². The monoisotopic (exact) mass is 352 g/mol. The molecule has 2 heterocycles. The number of benzene rings is 1. The molecule has 1 aliphatic heterocycles. The zero-order valence-electron chi connectivity index (χ0n) is 15.6. The molecule has 1 unspecified atom stereocenters. The minimum absolute atomic E-state index is 0.211. The molecule has 2 aliphatic rings. The van der Waals surface area contributed by atoms with E-state index < -0.39 is 0 Å². The van der Waals surface area contributed by atoms with Crippen LogP contribution < -0.4 is 0 Å². The van der Waals surface area contributed by atoms with Gasteiger partial charge in [-0.2, -0.15) is 0 Å². The summed E-state index contributed by atoms with van der Waals surface area (Å²) in [6.45, 7) is 4.71. The number of hydrogen-bond donors (Lipinski definition) is 0. The lowest BCUT2D eigenvalue weighted by molar-refractivity contribution is -0.130. The summed E-state index contributed by atoms with van der Waals surface area (Å²) in [5, 5.41) is 8.60. The van der Waals surface area contributed by atoms with Crippen molar-refractivity contribution in [2.24, 2.45) is 5.41 Å². The molecule has 1 atom stereocenters. The fourth-order valence-corrected chi connectivity index (χ4v) is 4.93. The lowest BCUT2D eigenvalue weighted by atomic mass is 9.76. The Morgan fingerprint density at radius 2 is 2.00 bits per heavy atom. The predicted octanol–water partition coefficient (Wildman–Crippen LogP) is 3.42. The number of likely N-dealkylation sites (tertiary alicyclic amines) is 1. The van der Waals surface area contributed by atoms with E-state index in [-0.39, 0.29) is 11.3 Å². The van der Waals surface area contributed by atoms with Crippen LogP contribution in [0.3, 0.4) is 0 Å². The molecule has 5 heteroatoms. The molecule has 26 heavy (non-hydrogen) atoms. The van der Waals surface area contributed by atoms with Crippen molar-refractivity contribution in [1.29, 1.82) is 0 Å². The van der Waals surface area contributed by atoms with Crippen LogP contribution in [0.5, 0.6) is 0 Å². The summed E-state index contributed by atoms with van der Waals surface area (Å²) in [5.74, 6) is 1.69. The van der Waals surface area contributed by atoms with Crippen molar-refractivity contribution in [3.63, 3.8) is 0 Å². The van der Waals surface area contributed by atoms with Crippen LogP contribution in [0.25, 0.3) is 0 Å². The number of rotatable bonds is 5.